The highest BCUT2D eigenvalue weighted by Gasteiger charge is 2.42. The number of likely N-dealkylation sites (tertiary alicyclic amines) is 1. The number of carbonyl (C=O) groups excluding carboxylic acids is 3. The topological polar surface area (TPSA) is 75.7 Å². The average molecular weight is 401 g/mol. The smallest absolute Gasteiger partial charge is 0.311 e. The molecule has 3 rings (SSSR count). The molecule has 4 atom stereocenters. The molecule has 1 aromatic carbocycles. The summed E-state index contributed by atoms with van der Waals surface area (Å²) in [5.41, 5.74) is 2.66. The first-order valence-electron chi connectivity index (χ1n) is 10.6. The van der Waals surface area contributed by atoms with Crippen molar-refractivity contribution in [2.24, 2.45) is 17.8 Å². The van der Waals surface area contributed by atoms with Crippen LogP contribution >= 0.6 is 0 Å². The standard InChI is InChI=1S/C23H32N2O4/c1-14-7-6-10-19(17(14)4)25-12-18(11-21(25)27)23(28)29-13-20(26)24-22-15(2)8-5-9-16(22)3/h5,8-9,14,17-19H,6-7,10-13H2,1-4H3,(H,24,26)/t14-,17-,18+,19+/m0/s1. The largest absolute Gasteiger partial charge is 0.455 e. The Balaban J connectivity index is 1.52. The highest BCUT2D eigenvalue weighted by molar-refractivity contribution is 5.95. The number of ether oxygens (including phenoxy) is 1. The van der Waals surface area contributed by atoms with Crippen molar-refractivity contribution in [3.8, 4) is 0 Å². The zero-order chi connectivity index (χ0) is 21.1. The number of nitrogens with zero attached hydrogens (tertiary/aromatic N) is 1. The van der Waals surface area contributed by atoms with Crippen molar-refractivity contribution < 1.29 is 19.1 Å². The minimum Gasteiger partial charge on any atom is -0.455 e. The lowest BCUT2D eigenvalue weighted by atomic mass is 9.77. The molecule has 0 radical (unpaired) electrons. The van der Waals surface area contributed by atoms with Gasteiger partial charge in [0.15, 0.2) is 6.61 Å². The minimum absolute atomic E-state index is 0.0258. The van der Waals surface area contributed by atoms with Crippen molar-refractivity contribution in [1.82, 2.24) is 4.90 Å². The lowest BCUT2D eigenvalue weighted by molar-refractivity contribution is -0.151. The second kappa shape index (κ2) is 8.97. The van der Waals surface area contributed by atoms with Gasteiger partial charge in [0, 0.05) is 24.7 Å². The number of hydrogen-bond donors (Lipinski definition) is 1. The quantitative estimate of drug-likeness (QED) is 0.768. The third-order valence-electron chi connectivity index (χ3n) is 6.65. The summed E-state index contributed by atoms with van der Waals surface area (Å²) in [4.78, 5) is 39.1. The Morgan fingerprint density at radius 1 is 1.17 bits per heavy atom. The number of hydrogen-bond acceptors (Lipinski definition) is 4. The van der Waals surface area contributed by atoms with Gasteiger partial charge in [-0.05, 0) is 43.2 Å². The molecule has 1 aromatic rings. The summed E-state index contributed by atoms with van der Waals surface area (Å²) >= 11 is 0. The Bertz CT molecular complexity index is 771. The minimum atomic E-state index is -0.486. The number of benzene rings is 1. The summed E-state index contributed by atoms with van der Waals surface area (Å²) in [7, 11) is 0. The Labute approximate surface area is 173 Å². The first-order chi connectivity index (χ1) is 13.8. The van der Waals surface area contributed by atoms with Crippen LogP contribution in [0.1, 0.15) is 50.7 Å². The molecule has 1 saturated carbocycles. The Kier molecular flexibility index (Phi) is 6.60. The van der Waals surface area contributed by atoms with Crippen molar-refractivity contribution in [2.45, 2.75) is 59.4 Å². The molecule has 2 aliphatic rings. The van der Waals surface area contributed by atoms with Crippen LogP contribution in [0.5, 0.6) is 0 Å². The summed E-state index contributed by atoms with van der Waals surface area (Å²) in [6, 6.07) is 5.97. The lowest BCUT2D eigenvalue weighted by Crippen LogP contribution is -2.45. The molecular formula is C23H32N2O4. The molecular weight excluding hydrogens is 368 g/mol. The van der Waals surface area contributed by atoms with Crippen molar-refractivity contribution in [3.63, 3.8) is 0 Å². The van der Waals surface area contributed by atoms with Crippen LogP contribution in [-0.2, 0) is 19.1 Å². The predicted octanol–water partition coefficient (Wildman–Crippen LogP) is 3.46. The molecule has 0 unspecified atom stereocenters. The maximum absolute atomic E-state index is 12.5. The van der Waals surface area contributed by atoms with Gasteiger partial charge in [0.05, 0.1) is 5.92 Å². The molecule has 0 bridgehead atoms. The van der Waals surface area contributed by atoms with Crippen LogP contribution in [0.25, 0.3) is 0 Å². The van der Waals surface area contributed by atoms with Crippen molar-refractivity contribution >= 4 is 23.5 Å². The van der Waals surface area contributed by atoms with Crippen LogP contribution in [0.2, 0.25) is 0 Å². The maximum Gasteiger partial charge on any atom is 0.311 e. The van der Waals surface area contributed by atoms with E-state index in [1.165, 1.54) is 6.42 Å². The predicted molar refractivity (Wildman–Crippen MR) is 111 cm³/mol. The van der Waals surface area contributed by atoms with Crippen LogP contribution in [0.3, 0.4) is 0 Å². The Hall–Kier alpha value is -2.37. The van der Waals surface area contributed by atoms with Gasteiger partial charge in [-0.3, -0.25) is 14.4 Å². The molecule has 1 heterocycles. The number of aryl methyl sites for hydroxylation is 2. The van der Waals surface area contributed by atoms with Gasteiger partial charge in [0.25, 0.3) is 5.91 Å². The summed E-state index contributed by atoms with van der Waals surface area (Å²) in [5, 5.41) is 2.81. The van der Waals surface area contributed by atoms with E-state index >= 15 is 0 Å². The Morgan fingerprint density at radius 2 is 1.86 bits per heavy atom. The van der Waals surface area contributed by atoms with Gasteiger partial charge in [-0.2, -0.15) is 0 Å². The number of esters is 1. The lowest BCUT2D eigenvalue weighted by Gasteiger charge is -2.39. The second-order valence-electron chi connectivity index (χ2n) is 8.70. The zero-order valence-corrected chi connectivity index (χ0v) is 17.9. The van der Waals surface area contributed by atoms with E-state index in [1.54, 1.807) is 0 Å². The normalized spacial score (nSPS) is 27.0. The number of carbonyl (C=O) groups is 3. The first-order valence-corrected chi connectivity index (χ1v) is 10.6. The molecule has 6 heteroatoms. The summed E-state index contributed by atoms with van der Waals surface area (Å²) in [6.45, 7) is 8.33. The highest BCUT2D eigenvalue weighted by atomic mass is 16.5. The number of amides is 2. The first kappa shape index (κ1) is 21.3. The number of para-hydroxylation sites is 1. The van der Waals surface area contributed by atoms with E-state index in [4.69, 9.17) is 4.74 Å². The fourth-order valence-corrected chi connectivity index (χ4v) is 4.65. The maximum atomic E-state index is 12.5. The van der Waals surface area contributed by atoms with Crippen molar-refractivity contribution in [2.75, 3.05) is 18.5 Å². The molecule has 2 amide bonds. The SMILES string of the molecule is Cc1cccc(C)c1NC(=O)COC(=O)[C@@H]1CC(=O)N([C@@H]2CCC[C@H](C)[C@@H]2C)C1. The molecule has 6 nitrogen and oxygen atoms in total. The average Bonchev–Trinajstić information content (AvgIpc) is 3.06. The van der Waals surface area contributed by atoms with E-state index in [-0.39, 0.29) is 30.9 Å². The molecule has 158 valence electrons. The van der Waals surface area contributed by atoms with Gasteiger partial charge >= 0.3 is 5.97 Å². The van der Waals surface area contributed by atoms with Crippen LogP contribution in [0.4, 0.5) is 5.69 Å². The third-order valence-corrected chi connectivity index (χ3v) is 6.65. The summed E-state index contributed by atoms with van der Waals surface area (Å²) < 4.78 is 5.24. The van der Waals surface area contributed by atoms with E-state index < -0.39 is 11.9 Å². The summed E-state index contributed by atoms with van der Waals surface area (Å²) in [5.74, 6) is -0.273. The van der Waals surface area contributed by atoms with Gasteiger partial charge in [-0.1, -0.05) is 44.9 Å². The Morgan fingerprint density at radius 3 is 2.55 bits per heavy atom. The molecule has 29 heavy (non-hydrogen) atoms. The number of rotatable bonds is 5. The van der Waals surface area contributed by atoms with E-state index in [0.29, 0.717) is 18.4 Å². The van der Waals surface area contributed by atoms with Gasteiger partial charge in [-0.15, -0.1) is 0 Å². The van der Waals surface area contributed by atoms with E-state index in [0.717, 1.165) is 29.7 Å². The zero-order valence-electron chi connectivity index (χ0n) is 17.9. The molecule has 0 spiro atoms. The van der Waals surface area contributed by atoms with E-state index in [9.17, 15) is 14.4 Å². The van der Waals surface area contributed by atoms with Crippen LogP contribution in [-0.4, -0.2) is 41.9 Å². The molecule has 1 saturated heterocycles. The van der Waals surface area contributed by atoms with E-state index in [2.05, 4.69) is 19.2 Å². The van der Waals surface area contributed by atoms with Crippen molar-refractivity contribution in [3.05, 3.63) is 29.3 Å². The van der Waals surface area contributed by atoms with Crippen LogP contribution in [0.15, 0.2) is 18.2 Å². The van der Waals surface area contributed by atoms with Gasteiger partial charge < -0.3 is 15.0 Å². The summed E-state index contributed by atoms with van der Waals surface area (Å²) in [6.07, 6.45) is 3.49. The molecule has 1 N–H and O–H groups in total. The molecule has 0 aromatic heterocycles. The van der Waals surface area contributed by atoms with Crippen LogP contribution < -0.4 is 5.32 Å². The second-order valence-corrected chi connectivity index (χ2v) is 8.70. The van der Waals surface area contributed by atoms with Gasteiger partial charge in [-0.25, -0.2) is 0 Å². The molecule has 1 aliphatic carbocycles. The number of nitrogens with one attached hydrogen (secondary N) is 1. The van der Waals surface area contributed by atoms with E-state index in [1.807, 2.05) is 36.9 Å². The monoisotopic (exact) mass is 400 g/mol. The van der Waals surface area contributed by atoms with Crippen LogP contribution in [0, 0.1) is 31.6 Å². The van der Waals surface area contributed by atoms with Gasteiger partial charge in [0.1, 0.15) is 0 Å². The number of anilines is 1. The fraction of sp³-hybridized carbons (Fsp3) is 0.609. The molecule has 1 aliphatic heterocycles. The molecule has 2 fully saturated rings. The van der Waals surface area contributed by atoms with Gasteiger partial charge in [0.2, 0.25) is 5.91 Å². The third kappa shape index (κ3) is 4.80. The van der Waals surface area contributed by atoms with Crippen molar-refractivity contribution in [1.29, 1.82) is 0 Å². The fourth-order valence-electron chi connectivity index (χ4n) is 4.65. The highest BCUT2D eigenvalue weighted by Crippen LogP contribution is 2.35.